The van der Waals surface area contributed by atoms with Gasteiger partial charge < -0.3 is 14.6 Å². The van der Waals surface area contributed by atoms with Crippen LogP contribution in [-0.4, -0.2) is 33.5 Å². The summed E-state index contributed by atoms with van der Waals surface area (Å²) in [4.78, 5) is 24.8. The molecule has 0 aliphatic carbocycles. The minimum absolute atomic E-state index is 0.193. The smallest absolute Gasteiger partial charge is 0.323 e. The van der Waals surface area contributed by atoms with E-state index in [9.17, 15) is 9.59 Å². The first-order chi connectivity index (χ1) is 9.97. The SMILES string of the molecule is Cc1ccc(CN(C)C(=O)c2cccn2CC(=O)O)cc1. The lowest BCUT2D eigenvalue weighted by Gasteiger charge is -2.18. The van der Waals surface area contributed by atoms with Gasteiger partial charge in [-0.25, -0.2) is 0 Å². The van der Waals surface area contributed by atoms with Gasteiger partial charge in [-0.15, -0.1) is 0 Å². The Kier molecular flexibility index (Phi) is 4.42. The molecule has 1 N–H and O–H groups in total. The van der Waals surface area contributed by atoms with Crippen molar-refractivity contribution in [2.24, 2.45) is 0 Å². The first kappa shape index (κ1) is 14.8. The summed E-state index contributed by atoms with van der Waals surface area (Å²) < 4.78 is 1.44. The van der Waals surface area contributed by atoms with E-state index in [0.717, 1.165) is 5.56 Å². The van der Waals surface area contributed by atoms with Gasteiger partial charge in [0.25, 0.3) is 5.91 Å². The van der Waals surface area contributed by atoms with Gasteiger partial charge >= 0.3 is 5.97 Å². The fourth-order valence-corrected chi connectivity index (χ4v) is 2.13. The number of carbonyl (C=O) groups is 2. The van der Waals surface area contributed by atoms with Crippen LogP contribution < -0.4 is 0 Å². The van der Waals surface area contributed by atoms with Crippen LogP contribution in [0.4, 0.5) is 0 Å². The molecular formula is C16H18N2O3. The summed E-state index contributed by atoms with van der Waals surface area (Å²) in [6.07, 6.45) is 1.60. The number of rotatable bonds is 5. The molecule has 1 aromatic carbocycles. The number of carbonyl (C=O) groups excluding carboxylic acids is 1. The van der Waals surface area contributed by atoms with Crippen LogP contribution in [0.15, 0.2) is 42.6 Å². The molecule has 0 bridgehead atoms. The second-order valence-electron chi connectivity index (χ2n) is 5.06. The molecule has 1 aromatic heterocycles. The van der Waals surface area contributed by atoms with Crippen LogP contribution in [0, 0.1) is 6.92 Å². The van der Waals surface area contributed by atoms with E-state index in [1.807, 2.05) is 31.2 Å². The highest BCUT2D eigenvalue weighted by Gasteiger charge is 2.16. The molecular weight excluding hydrogens is 268 g/mol. The third-order valence-corrected chi connectivity index (χ3v) is 3.24. The Hall–Kier alpha value is -2.56. The molecule has 2 rings (SSSR count). The number of amides is 1. The minimum atomic E-state index is -0.971. The van der Waals surface area contributed by atoms with E-state index < -0.39 is 5.97 Å². The predicted molar refractivity (Wildman–Crippen MR) is 79.0 cm³/mol. The van der Waals surface area contributed by atoms with Gasteiger partial charge in [0, 0.05) is 19.8 Å². The third-order valence-electron chi connectivity index (χ3n) is 3.24. The minimum Gasteiger partial charge on any atom is -0.480 e. The molecule has 0 atom stereocenters. The average molecular weight is 286 g/mol. The number of benzene rings is 1. The molecule has 21 heavy (non-hydrogen) atoms. The third kappa shape index (κ3) is 3.72. The second kappa shape index (κ2) is 6.26. The van der Waals surface area contributed by atoms with Crippen molar-refractivity contribution in [1.29, 1.82) is 0 Å². The quantitative estimate of drug-likeness (QED) is 0.916. The van der Waals surface area contributed by atoms with Gasteiger partial charge in [-0.2, -0.15) is 0 Å². The predicted octanol–water partition coefficient (Wildman–Crippen LogP) is 2.15. The van der Waals surface area contributed by atoms with Gasteiger partial charge in [0.1, 0.15) is 12.2 Å². The Morgan fingerprint density at radius 3 is 2.48 bits per heavy atom. The summed E-state index contributed by atoms with van der Waals surface area (Å²) in [6, 6.07) is 11.3. The second-order valence-corrected chi connectivity index (χ2v) is 5.06. The zero-order valence-corrected chi connectivity index (χ0v) is 12.1. The normalized spacial score (nSPS) is 10.4. The molecule has 0 unspecified atom stereocenters. The molecule has 110 valence electrons. The largest absolute Gasteiger partial charge is 0.480 e. The molecule has 0 saturated carbocycles. The lowest BCUT2D eigenvalue weighted by molar-refractivity contribution is -0.137. The highest BCUT2D eigenvalue weighted by molar-refractivity contribution is 5.93. The number of aryl methyl sites for hydroxylation is 1. The Bertz CT molecular complexity index is 644. The van der Waals surface area contributed by atoms with Gasteiger partial charge in [0.15, 0.2) is 0 Å². The Labute approximate surface area is 123 Å². The van der Waals surface area contributed by atoms with Crippen molar-refractivity contribution in [2.45, 2.75) is 20.0 Å². The van der Waals surface area contributed by atoms with E-state index in [0.29, 0.717) is 12.2 Å². The van der Waals surface area contributed by atoms with Crippen molar-refractivity contribution in [3.8, 4) is 0 Å². The average Bonchev–Trinajstić information content (AvgIpc) is 2.87. The van der Waals surface area contributed by atoms with Crippen LogP contribution >= 0.6 is 0 Å². The van der Waals surface area contributed by atoms with Crippen LogP contribution in [-0.2, 0) is 17.9 Å². The molecule has 0 aliphatic rings. The molecule has 0 saturated heterocycles. The van der Waals surface area contributed by atoms with Crippen LogP contribution in [0.2, 0.25) is 0 Å². The highest BCUT2D eigenvalue weighted by Crippen LogP contribution is 2.10. The molecule has 0 radical (unpaired) electrons. The van der Waals surface area contributed by atoms with Crippen LogP contribution in [0.5, 0.6) is 0 Å². The van der Waals surface area contributed by atoms with Crippen molar-refractivity contribution < 1.29 is 14.7 Å². The molecule has 2 aromatic rings. The van der Waals surface area contributed by atoms with Crippen molar-refractivity contribution in [2.75, 3.05) is 7.05 Å². The fraction of sp³-hybridized carbons (Fsp3) is 0.250. The molecule has 0 aliphatic heterocycles. The van der Waals surface area contributed by atoms with E-state index in [2.05, 4.69) is 0 Å². The Morgan fingerprint density at radius 1 is 1.19 bits per heavy atom. The van der Waals surface area contributed by atoms with E-state index in [-0.39, 0.29) is 12.5 Å². The number of hydrogen-bond donors (Lipinski definition) is 1. The summed E-state index contributed by atoms with van der Waals surface area (Å²) >= 11 is 0. The van der Waals surface area contributed by atoms with Gasteiger partial charge in [-0.3, -0.25) is 9.59 Å². The van der Waals surface area contributed by atoms with Crippen molar-refractivity contribution in [3.05, 3.63) is 59.4 Å². The first-order valence-electron chi connectivity index (χ1n) is 6.65. The molecule has 1 heterocycles. The Balaban J connectivity index is 2.10. The summed E-state index contributed by atoms with van der Waals surface area (Å²) in [5.74, 6) is -1.16. The van der Waals surface area contributed by atoms with Gasteiger partial charge in [-0.1, -0.05) is 29.8 Å². The molecule has 0 fully saturated rings. The van der Waals surface area contributed by atoms with Gasteiger partial charge in [0.2, 0.25) is 0 Å². The number of hydrogen-bond acceptors (Lipinski definition) is 2. The summed E-state index contributed by atoms with van der Waals surface area (Å²) in [6.45, 7) is 2.28. The van der Waals surface area contributed by atoms with Gasteiger partial charge in [-0.05, 0) is 24.6 Å². The molecule has 5 nitrogen and oxygen atoms in total. The van der Waals surface area contributed by atoms with Gasteiger partial charge in [0.05, 0.1) is 0 Å². The number of carboxylic acid groups (broad SMARTS) is 1. The first-order valence-corrected chi connectivity index (χ1v) is 6.65. The standard InChI is InChI=1S/C16H18N2O3/c1-12-5-7-13(8-6-12)10-17(2)16(21)14-4-3-9-18(14)11-15(19)20/h3-9H,10-11H2,1-2H3,(H,19,20). The summed E-state index contributed by atoms with van der Waals surface area (Å²) in [5, 5.41) is 8.85. The van der Waals surface area contributed by atoms with E-state index in [1.165, 1.54) is 10.1 Å². The fourth-order valence-electron chi connectivity index (χ4n) is 2.13. The van der Waals surface area contributed by atoms with Crippen molar-refractivity contribution >= 4 is 11.9 Å². The zero-order chi connectivity index (χ0) is 15.4. The number of aromatic nitrogens is 1. The van der Waals surface area contributed by atoms with E-state index >= 15 is 0 Å². The van der Waals surface area contributed by atoms with E-state index in [4.69, 9.17) is 5.11 Å². The maximum absolute atomic E-state index is 12.4. The van der Waals surface area contributed by atoms with Crippen molar-refractivity contribution in [1.82, 2.24) is 9.47 Å². The topological polar surface area (TPSA) is 62.5 Å². The van der Waals surface area contributed by atoms with Crippen LogP contribution in [0.25, 0.3) is 0 Å². The number of carboxylic acids is 1. The lowest BCUT2D eigenvalue weighted by Crippen LogP contribution is -2.29. The molecule has 5 heteroatoms. The summed E-state index contributed by atoms with van der Waals surface area (Å²) in [7, 11) is 1.71. The molecule has 1 amide bonds. The monoisotopic (exact) mass is 286 g/mol. The lowest BCUT2D eigenvalue weighted by atomic mass is 10.1. The highest BCUT2D eigenvalue weighted by atomic mass is 16.4. The maximum atomic E-state index is 12.4. The maximum Gasteiger partial charge on any atom is 0.323 e. The number of aliphatic carboxylic acids is 1. The Morgan fingerprint density at radius 2 is 1.86 bits per heavy atom. The van der Waals surface area contributed by atoms with Crippen LogP contribution in [0.3, 0.4) is 0 Å². The van der Waals surface area contributed by atoms with Crippen LogP contribution in [0.1, 0.15) is 21.6 Å². The number of nitrogens with zero attached hydrogens (tertiary/aromatic N) is 2. The van der Waals surface area contributed by atoms with E-state index in [1.54, 1.807) is 30.3 Å². The van der Waals surface area contributed by atoms with Crippen molar-refractivity contribution in [3.63, 3.8) is 0 Å². The zero-order valence-electron chi connectivity index (χ0n) is 12.1. The summed E-state index contributed by atoms with van der Waals surface area (Å²) in [5.41, 5.74) is 2.59. The molecule has 0 spiro atoms.